The van der Waals surface area contributed by atoms with Gasteiger partial charge in [0.15, 0.2) is 0 Å². The molecule has 34 heavy (non-hydrogen) atoms. The standard InChI is InChI=1S/C29H28N2O3/c32-28-26-13-12-25(34-24-6-2-1-3-7-24)18-27(26)29(33)31(28)23-11-10-21-16-20(8-9-22(21)17-23)19-30-14-4-5-15-30/h1-3,6-7,10-13,17-18,20H,4-5,8-9,14-16,19H2. The van der Waals surface area contributed by atoms with Crippen molar-refractivity contribution < 1.29 is 14.3 Å². The first-order chi connectivity index (χ1) is 16.7. The fourth-order valence-electron chi connectivity index (χ4n) is 5.58. The van der Waals surface area contributed by atoms with E-state index in [1.807, 2.05) is 42.5 Å². The molecule has 2 aliphatic heterocycles. The highest BCUT2D eigenvalue weighted by atomic mass is 16.5. The number of rotatable bonds is 5. The van der Waals surface area contributed by atoms with Crippen molar-refractivity contribution in [1.82, 2.24) is 4.90 Å². The van der Waals surface area contributed by atoms with Gasteiger partial charge in [-0.3, -0.25) is 9.59 Å². The summed E-state index contributed by atoms with van der Waals surface area (Å²) < 4.78 is 5.87. The van der Waals surface area contributed by atoms with E-state index < -0.39 is 0 Å². The third kappa shape index (κ3) is 3.90. The summed E-state index contributed by atoms with van der Waals surface area (Å²) in [5, 5.41) is 0. The maximum absolute atomic E-state index is 13.3. The van der Waals surface area contributed by atoms with Gasteiger partial charge in [0.2, 0.25) is 0 Å². The third-order valence-corrected chi connectivity index (χ3v) is 7.33. The van der Waals surface area contributed by atoms with Crippen LogP contribution in [-0.4, -0.2) is 36.3 Å². The molecule has 5 heteroatoms. The summed E-state index contributed by atoms with van der Waals surface area (Å²) in [7, 11) is 0. The number of nitrogens with zero attached hydrogens (tertiary/aromatic N) is 2. The van der Waals surface area contributed by atoms with Crippen LogP contribution in [0.4, 0.5) is 5.69 Å². The number of ether oxygens (including phenoxy) is 1. The number of imide groups is 1. The minimum Gasteiger partial charge on any atom is -0.457 e. The SMILES string of the molecule is O=C1c2ccc(Oc3ccccc3)cc2C(=O)N1c1ccc2c(c1)CCC(CN1CCCC1)C2. The second-order valence-corrected chi connectivity index (χ2v) is 9.64. The van der Waals surface area contributed by atoms with Gasteiger partial charge in [-0.1, -0.05) is 24.3 Å². The minimum atomic E-state index is -0.291. The Bertz CT molecular complexity index is 1250. The molecule has 1 fully saturated rings. The molecule has 0 spiro atoms. The monoisotopic (exact) mass is 452 g/mol. The number of hydrogen-bond acceptors (Lipinski definition) is 4. The molecule has 0 aromatic heterocycles. The molecule has 172 valence electrons. The lowest BCUT2D eigenvalue weighted by molar-refractivity contribution is 0.0926. The Morgan fingerprint density at radius 1 is 0.794 bits per heavy atom. The van der Waals surface area contributed by atoms with Crippen LogP contribution in [0.5, 0.6) is 11.5 Å². The van der Waals surface area contributed by atoms with Crippen LogP contribution in [0.1, 0.15) is 51.1 Å². The Morgan fingerprint density at radius 3 is 2.41 bits per heavy atom. The summed E-state index contributed by atoms with van der Waals surface area (Å²) in [6.07, 6.45) is 5.89. The van der Waals surface area contributed by atoms with Crippen molar-refractivity contribution in [2.75, 3.05) is 24.5 Å². The van der Waals surface area contributed by atoms with E-state index in [-0.39, 0.29) is 11.8 Å². The molecule has 1 unspecified atom stereocenters. The van der Waals surface area contributed by atoms with Crippen molar-refractivity contribution in [1.29, 1.82) is 0 Å². The van der Waals surface area contributed by atoms with Crippen LogP contribution in [0.25, 0.3) is 0 Å². The fourth-order valence-corrected chi connectivity index (χ4v) is 5.58. The van der Waals surface area contributed by atoms with Gasteiger partial charge < -0.3 is 9.64 Å². The molecule has 3 aromatic carbocycles. The van der Waals surface area contributed by atoms with Crippen molar-refractivity contribution >= 4 is 17.5 Å². The molecule has 3 aliphatic rings. The average molecular weight is 453 g/mol. The Morgan fingerprint density at radius 2 is 1.59 bits per heavy atom. The molecule has 6 rings (SSSR count). The molecule has 0 radical (unpaired) electrons. The highest BCUT2D eigenvalue weighted by molar-refractivity contribution is 6.34. The highest BCUT2D eigenvalue weighted by Gasteiger charge is 2.37. The van der Waals surface area contributed by atoms with Gasteiger partial charge >= 0.3 is 0 Å². The van der Waals surface area contributed by atoms with E-state index in [0.29, 0.717) is 34.2 Å². The Labute approximate surface area is 199 Å². The van der Waals surface area contributed by atoms with Crippen LogP contribution in [0.15, 0.2) is 66.7 Å². The van der Waals surface area contributed by atoms with Crippen molar-refractivity contribution in [3.05, 3.63) is 89.0 Å². The summed E-state index contributed by atoms with van der Waals surface area (Å²) >= 11 is 0. The molecule has 5 nitrogen and oxygen atoms in total. The van der Waals surface area contributed by atoms with E-state index in [9.17, 15) is 9.59 Å². The number of hydrogen-bond donors (Lipinski definition) is 0. The largest absolute Gasteiger partial charge is 0.457 e. The van der Waals surface area contributed by atoms with E-state index in [0.717, 1.165) is 19.3 Å². The van der Waals surface area contributed by atoms with E-state index >= 15 is 0 Å². The predicted molar refractivity (Wildman–Crippen MR) is 132 cm³/mol. The van der Waals surface area contributed by atoms with Crippen LogP contribution in [0.3, 0.4) is 0 Å². The number of aryl methyl sites for hydroxylation is 1. The summed E-state index contributed by atoms with van der Waals surface area (Å²) in [4.78, 5) is 30.3. The first kappa shape index (κ1) is 21.1. The zero-order valence-corrected chi connectivity index (χ0v) is 19.2. The van der Waals surface area contributed by atoms with Gasteiger partial charge in [-0.2, -0.15) is 0 Å². The number of benzene rings is 3. The minimum absolute atomic E-state index is 0.270. The lowest BCUT2D eigenvalue weighted by Crippen LogP contribution is -2.31. The highest BCUT2D eigenvalue weighted by Crippen LogP contribution is 2.35. The Balaban J connectivity index is 1.21. The normalized spacial score (nSPS) is 19.9. The van der Waals surface area contributed by atoms with Gasteiger partial charge in [0.1, 0.15) is 11.5 Å². The zero-order valence-electron chi connectivity index (χ0n) is 19.2. The summed E-state index contributed by atoms with van der Waals surface area (Å²) in [5.74, 6) is 1.37. The quantitative estimate of drug-likeness (QED) is 0.481. The van der Waals surface area contributed by atoms with Crippen LogP contribution in [0, 0.1) is 5.92 Å². The van der Waals surface area contributed by atoms with Gasteiger partial charge in [-0.25, -0.2) is 4.90 Å². The third-order valence-electron chi connectivity index (χ3n) is 7.33. The lowest BCUT2D eigenvalue weighted by Gasteiger charge is -2.29. The zero-order chi connectivity index (χ0) is 23.1. The summed E-state index contributed by atoms with van der Waals surface area (Å²) in [5.41, 5.74) is 4.10. The molecular formula is C29H28N2O3. The van der Waals surface area contributed by atoms with Crippen molar-refractivity contribution in [3.63, 3.8) is 0 Å². The molecular weight excluding hydrogens is 424 g/mol. The van der Waals surface area contributed by atoms with Gasteiger partial charge in [0, 0.05) is 6.54 Å². The van der Waals surface area contributed by atoms with Crippen LogP contribution >= 0.6 is 0 Å². The molecule has 1 saturated heterocycles. The smallest absolute Gasteiger partial charge is 0.266 e. The fraction of sp³-hybridized carbons (Fsp3) is 0.310. The summed E-state index contributed by atoms with van der Waals surface area (Å²) in [6.45, 7) is 3.66. The molecule has 0 saturated carbocycles. The first-order valence-electron chi connectivity index (χ1n) is 12.3. The number of para-hydroxylation sites is 1. The second-order valence-electron chi connectivity index (χ2n) is 9.64. The molecule has 0 bridgehead atoms. The number of carbonyl (C=O) groups is 2. The van der Waals surface area contributed by atoms with E-state index in [4.69, 9.17) is 4.74 Å². The number of amides is 2. The van der Waals surface area contributed by atoms with Crippen LogP contribution in [-0.2, 0) is 12.8 Å². The average Bonchev–Trinajstić information content (AvgIpc) is 3.45. The Hall–Kier alpha value is -3.44. The number of anilines is 1. The molecule has 2 amide bonds. The van der Waals surface area contributed by atoms with E-state index in [1.54, 1.807) is 18.2 Å². The molecule has 3 aromatic rings. The van der Waals surface area contributed by atoms with Gasteiger partial charge in [0.25, 0.3) is 11.8 Å². The van der Waals surface area contributed by atoms with Gasteiger partial charge in [-0.15, -0.1) is 0 Å². The second kappa shape index (κ2) is 8.73. The van der Waals surface area contributed by atoms with Crippen molar-refractivity contribution in [2.45, 2.75) is 32.1 Å². The van der Waals surface area contributed by atoms with Crippen LogP contribution < -0.4 is 9.64 Å². The van der Waals surface area contributed by atoms with E-state index in [1.165, 1.54) is 48.5 Å². The molecule has 1 atom stereocenters. The molecule has 0 N–H and O–H groups in total. The van der Waals surface area contributed by atoms with Crippen LogP contribution in [0.2, 0.25) is 0 Å². The maximum Gasteiger partial charge on any atom is 0.266 e. The van der Waals surface area contributed by atoms with Gasteiger partial charge in [0.05, 0.1) is 16.8 Å². The van der Waals surface area contributed by atoms with Crippen molar-refractivity contribution in [2.24, 2.45) is 5.92 Å². The number of fused-ring (bicyclic) bond motifs is 2. The summed E-state index contributed by atoms with van der Waals surface area (Å²) in [6, 6.07) is 20.6. The topological polar surface area (TPSA) is 49.9 Å². The first-order valence-corrected chi connectivity index (χ1v) is 12.3. The molecule has 1 aliphatic carbocycles. The lowest BCUT2D eigenvalue weighted by atomic mass is 9.83. The predicted octanol–water partition coefficient (Wildman–Crippen LogP) is 5.48. The van der Waals surface area contributed by atoms with E-state index in [2.05, 4.69) is 11.0 Å². The number of carbonyl (C=O) groups excluding carboxylic acids is 2. The maximum atomic E-state index is 13.3. The Kier molecular flexibility index (Phi) is 5.42. The van der Waals surface area contributed by atoms with Gasteiger partial charge in [-0.05, 0) is 105 Å². The molecule has 2 heterocycles. The van der Waals surface area contributed by atoms with Crippen molar-refractivity contribution in [3.8, 4) is 11.5 Å². The number of likely N-dealkylation sites (tertiary alicyclic amines) is 1.